The largest absolute Gasteiger partial charge is 0.352 e. The number of carbonyl (C=O) groups is 1. The van der Waals surface area contributed by atoms with Crippen LogP contribution in [0.2, 0.25) is 0 Å². The normalized spacial score (nSPS) is 10.8. The molecule has 3 aromatic rings. The Morgan fingerprint density at radius 2 is 1.88 bits per heavy atom. The molecule has 0 aliphatic carbocycles. The van der Waals surface area contributed by atoms with Crippen molar-refractivity contribution in [2.45, 2.75) is 39.8 Å². The Kier molecular flexibility index (Phi) is 5.28. The first-order valence-electron chi connectivity index (χ1n) is 8.53. The SMILES string of the molecule is CCc1nccn1CCC(=O)NCc1ccc(-n2ccnc2C)cc1. The van der Waals surface area contributed by atoms with Crippen LogP contribution in [0.15, 0.2) is 49.1 Å². The highest BCUT2D eigenvalue weighted by Crippen LogP contribution is 2.11. The molecule has 0 unspecified atom stereocenters. The summed E-state index contributed by atoms with van der Waals surface area (Å²) in [5.41, 5.74) is 2.14. The molecule has 0 saturated carbocycles. The topological polar surface area (TPSA) is 64.7 Å². The molecule has 130 valence electrons. The van der Waals surface area contributed by atoms with E-state index in [4.69, 9.17) is 0 Å². The molecule has 6 nitrogen and oxygen atoms in total. The van der Waals surface area contributed by atoms with E-state index in [1.54, 1.807) is 12.4 Å². The lowest BCUT2D eigenvalue weighted by molar-refractivity contribution is -0.121. The van der Waals surface area contributed by atoms with Crippen molar-refractivity contribution in [1.29, 1.82) is 0 Å². The first kappa shape index (κ1) is 17.0. The minimum Gasteiger partial charge on any atom is -0.352 e. The minimum atomic E-state index is 0.0466. The second-order valence-corrected chi connectivity index (χ2v) is 5.93. The fourth-order valence-corrected chi connectivity index (χ4v) is 2.79. The summed E-state index contributed by atoms with van der Waals surface area (Å²) >= 11 is 0. The lowest BCUT2D eigenvalue weighted by Gasteiger charge is -2.09. The Balaban J connectivity index is 1.50. The number of nitrogens with zero attached hydrogens (tertiary/aromatic N) is 4. The van der Waals surface area contributed by atoms with Gasteiger partial charge in [0.15, 0.2) is 0 Å². The van der Waals surface area contributed by atoms with Crippen LogP contribution in [0.25, 0.3) is 5.69 Å². The number of carbonyl (C=O) groups excluding carboxylic acids is 1. The Morgan fingerprint density at radius 1 is 1.12 bits per heavy atom. The van der Waals surface area contributed by atoms with E-state index in [0.717, 1.165) is 29.3 Å². The maximum atomic E-state index is 12.1. The molecular formula is C19H23N5O. The third-order valence-electron chi connectivity index (χ3n) is 4.23. The zero-order valence-electron chi connectivity index (χ0n) is 14.6. The molecule has 3 rings (SSSR count). The molecule has 0 aliphatic heterocycles. The van der Waals surface area contributed by atoms with Crippen LogP contribution in [0.1, 0.15) is 30.6 Å². The van der Waals surface area contributed by atoms with Crippen molar-refractivity contribution in [3.05, 3.63) is 66.3 Å². The highest BCUT2D eigenvalue weighted by Gasteiger charge is 2.05. The fraction of sp³-hybridized carbons (Fsp3) is 0.316. The van der Waals surface area contributed by atoms with Gasteiger partial charge in [-0.2, -0.15) is 0 Å². The smallest absolute Gasteiger partial charge is 0.222 e. The first-order chi connectivity index (χ1) is 12.2. The Hall–Kier alpha value is -2.89. The fourth-order valence-electron chi connectivity index (χ4n) is 2.79. The van der Waals surface area contributed by atoms with Gasteiger partial charge in [0.2, 0.25) is 5.91 Å². The van der Waals surface area contributed by atoms with Crippen molar-refractivity contribution in [3.8, 4) is 5.69 Å². The van der Waals surface area contributed by atoms with E-state index in [2.05, 4.69) is 22.2 Å². The third kappa shape index (κ3) is 4.15. The minimum absolute atomic E-state index is 0.0466. The van der Waals surface area contributed by atoms with E-state index in [0.29, 0.717) is 19.5 Å². The van der Waals surface area contributed by atoms with Gasteiger partial charge in [0, 0.05) is 56.4 Å². The van der Waals surface area contributed by atoms with Gasteiger partial charge in [-0.15, -0.1) is 0 Å². The van der Waals surface area contributed by atoms with Crippen LogP contribution in [0.3, 0.4) is 0 Å². The molecule has 0 bridgehead atoms. The number of nitrogens with one attached hydrogen (secondary N) is 1. The van der Waals surface area contributed by atoms with Crippen LogP contribution < -0.4 is 5.32 Å². The molecule has 0 fully saturated rings. The summed E-state index contributed by atoms with van der Waals surface area (Å²) in [4.78, 5) is 20.5. The van der Waals surface area contributed by atoms with Gasteiger partial charge in [0.05, 0.1) is 0 Å². The van der Waals surface area contributed by atoms with Gasteiger partial charge in [-0.25, -0.2) is 9.97 Å². The standard InChI is InChI=1S/C19H23N5O/c1-3-18-21-9-12-23(18)11-8-19(25)22-14-16-4-6-17(7-5-16)24-13-10-20-15(24)2/h4-7,9-10,12-13H,3,8,11,14H2,1-2H3,(H,22,25). The number of rotatable bonds is 7. The second-order valence-electron chi connectivity index (χ2n) is 5.93. The molecule has 0 spiro atoms. The zero-order valence-corrected chi connectivity index (χ0v) is 14.6. The van der Waals surface area contributed by atoms with Crippen molar-refractivity contribution >= 4 is 5.91 Å². The van der Waals surface area contributed by atoms with E-state index in [1.807, 2.05) is 52.7 Å². The van der Waals surface area contributed by atoms with Gasteiger partial charge in [-0.3, -0.25) is 4.79 Å². The predicted octanol–water partition coefficient (Wildman–Crippen LogP) is 2.65. The number of hydrogen-bond donors (Lipinski definition) is 1. The van der Waals surface area contributed by atoms with E-state index in [9.17, 15) is 4.79 Å². The number of aryl methyl sites for hydroxylation is 3. The summed E-state index contributed by atoms with van der Waals surface area (Å²) in [5.74, 6) is 2.01. The molecule has 0 atom stereocenters. The molecule has 0 radical (unpaired) electrons. The van der Waals surface area contributed by atoms with Crippen LogP contribution in [0.4, 0.5) is 0 Å². The van der Waals surface area contributed by atoms with Crippen LogP contribution in [-0.2, 0) is 24.3 Å². The summed E-state index contributed by atoms with van der Waals surface area (Å²) in [7, 11) is 0. The highest BCUT2D eigenvalue weighted by molar-refractivity contribution is 5.75. The summed E-state index contributed by atoms with van der Waals surface area (Å²) in [5, 5.41) is 2.97. The van der Waals surface area contributed by atoms with Gasteiger partial charge in [-0.05, 0) is 24.6 Å². The van der Waals surface area contributed by atoms with E-state index in [-0.39, 0.29) is 5.91 Å². The quantitative estimate of drug-likeness (QED) is 0.721. The number of imidazole rings is 2. The monoisotopic (exact) mass is 337 g/mol. The van der Waals surface area contributed by atoms with E-state index in [1.165, 1.54) is 0 Å². The molecule has 0 aliphatic rings. The molecule has 1 amide bonds. The lowest BCUT2D eigenvalue weighted by Crippen LogP contribution is -2.24. The summed E-state index contributed by atoms with van der Waals surface area (Å²) < 4.78 is 4.06. The zero-order chi connectivity index (χ0) is 17.6. The van der Waals surface area contributed by atoms with E-state index < -0.39 is 0 Å². The van der Waals surface area contributed by atoms with Crippen molar-refractivity contribution in [1.82, 2.24) is 24.4 Å². The first-order valence-corrected chi connectivity index (χ1v) is 8.53. The van der Waals surface area contributed by atoms with Crippen molar-refractivity contribution in [3.63, 3.8) is 0 Å². The maximum absolute atomic E-state index is 12.1. The third-order valence-corrected chi connectivity index (χ3v) is 4.23. The maximum Gasteiger partial charge on any atom is 0.222 e. The molecule has 1 aromatic carbocycles. The van der Waals surface area contributed by atoms with Gasteiger partial charge >= 0.3 is 0 Å². The number of amides is 1. The molecule has 6 heteroatoms. The Morgan fingerprint density at radius 3 is 2.56 bits per heavy atom. The summed E-state index contributed by atoms with van der Waals surface area (Å²) in [6.45, 7) is 5.23. The van der Waals surface area contributed by atoms with Crippen molar-refractivity contribution in [2.24, 2.45) is 0 Å². The van der Waals surface area contributed by atoms with Gasteiger partial charge in [0.1, 0.15) is 11.6 Å². The van der Waals surface area contributed by atoms with Crippen LogP contribution in [0, 0.1) is 6.92 Å². The molecule has 1 N–H and O–H groups in total. The Bertz CT molecular complexity index is 832. The number of benzene rings is 1. The van der Waals surface area contributed by atoms with Gasteiger partial charge < -0.3 is 14.5 Å². The average Bonchev–Trinajstić information content (AvgIpc) is 3.27. The van der Waals surface area contributed by atoms with Crippen molar-refractivity contribution in [2.75, 3.05) is 0 Å². The second kappa shape index (κ2) is 7.79. The number of aromatic nitrogens is 4. The molecule has 2 aromatic heterocycles. The molecule has 25 heavy (non-hydrogen) atoms. The summed E-state index contributed by atoms with van der Waals surface area (Å²) in [6.07, 6.45) is 8.75. The van der Waals surface area contributed by atoms with Crippen LogP contribution in [0.5, 0.6) is 0 Å². The lowest BCUT2D eigenvalue weighted by atomic mass is 10.2. The molecule has 2 heterocycles. The molecule has 0 saturated heterocycles. The highest BCUT2D eigenvalue weighted by atomic mass is 16.1. The average molecular weight is 337 g/mol. The Labute approximate surface area is 147 Å². The van der Waals surface area contributed by atoms with E-state index >= 15 is 0 Å². The number of hydrogen-bond acceptors (Lipinski definition) is 3. The van der Waals surface area contributed by atoms with Crippen LogP contribution in [-0.4, -0.2) is 25.0 Å². The van der Waals surface area contributed by atoms with Crippen LogP contribution >= 0.6 is 0 Å². The predicted molar refractivity (Wildman–Crippen MR) is 96.4 cm³/mol. The molecular weight excluding hydrogens is 314 g/mol. The van der Waals surface area contributed by atoms with Crippen molar-refractivity contribution < 1.29 is 4.79 Å². The summed E-state index contributed by atoms with van der Waals surface area (Å²) in [6, 6.07) is 8.13. The van der Waals surface area contributed by atoms with Gasteiger partial charge in [0.25, 0.3) is 0 Å². The van der Waals surface area contributed by atoms with Gasteiger partial charge in [-0.1, -0.05) is 19.1 Å².